The molecule has 0 N–H and O–H groups in total. The molecule has 200 valence electrons. The monoisotopic (exact) mass is 547 g/mol. The molecule has 8 aromatic carbocycles. The third-order valence-electron chi connectivity index (χ3n) is 8.66. The molecule has 0 amide bonds. The van der Waals surface area contributed by atoms with Gasteiger partial charge in [-0.3, -0.25) is 0 Å². The van der Waals surface area contributed by atoms with Crippen LogP contribution < -0.4 is 0 Å². The minimum absolute atomic E-state index is 0.643. The molecule has 0 fully saturated rings. The average Bonchev–Trinajstić information content (AvgIpc) is 3.52. The van der Waals surface area contributed by atoms with E-state index in [-0.39, 0.29) is 0 Å². The first kappa shape index (κ1) is 23.9. The summed E-state index contributed by atoms with van der Waals surface area (Å²) in [6, 6.07) is 53.9. The van der Waals surface area contributed by atoms with Crippen molar-refractivity contribution in [2.24, 2.45) is 0 Å². The van der Waals surface area contributed by atoms with Crippen LogP contribution in [-0.4, -0.2) is 4.98 Å². The highest BCUT2D eigenvalue weighted by molar-refractivity contribution is 6.27. The molecule has 0 radical (unpaired) electrons. The standard InChI is InChI=1S/C41H25NO/c1-3-13-26(14-4-1)37-31-19-9-11-21-33(31)39(34-22-12-10-20-32(34)37)35-25-28-23-24-36-40(38(28)30-18-8-7-17-29(30)35)43-41(42-36)27-15-5-2-6-16-27/h1-25H. The zero-order valence-corrected chi connectivity index (χ0v) is 23.3. The lowest BCUT2D eigenvalue weighted by atomic mass is 9.84. The van der Waals surface area contributed by atoms with E-state index in [9.17, 15) is 0 Å². The first-order chi connectivity index (χ1) is 21.3. The van der Waals surface area contributed by atoms with Gasteiger partial charge in [-0.25, -0.2) is 4.98 Å². The van der Waals surface area contributed by atoms with Crippen molar-refractivity contribution >= 4 is 54.2 Å². The van der Waals surface area contributed by atoms with Crippen LogP contribution in [0.25, 0.3) is 87.9 Å². The number of hydrogen-bond donors (Lipinski definition) is 0. The molecule has 2 nitrogen and oxygen atoms in total. The fourth-order valence-corrected chi connectivity index (χ4v) is 6.82. The van der Waals surface area contributed by atoms with Gasteiger partial charge in [-0.05, 0) is 84.2 Å². The van der Waals surface area contributed by atoms with E-state index in [0.29, 0.717) is 5.89 Å². The lowest BCUT2D eigenvalue weighted by Crippen LogP contribution is -1.92. The Balaban J connectivity index is 1.41. The minimum atomic E-state index is 0.643. The maximum absolute atomic E-state index is 6.52. The zero-order chi connectivity index (χ0) is 28.3. The Kier molecular flexibility index (Phi) is 5.23. The van der Waals surface area contributed by atoms with Crippen molar-refractivity contribution in [2.45, 2.75) is 0 Å². The second-order valence-corrected chi connectivity index (χ2v) is 11.1. The van der Waals surface area contributed by atoms with Gasteiger partial charge in [0.15, 0.2) is 5.58 Å². The van der Waals surface area contributed by atoms with E-state index >= 15 is 0 Å². The van der Waals surface area contributed by atoms with Crippen LogP contribution >= 0.6 is 0 Å². The Morgan fingerprint density at radius 3 is 1.56 bits per heavy atom. The van der Waals surface area contributed by atoms with Crippen molar-refractivity contribution in [3.63, 3.8) is 0 Å². The summed E-state index contributed by atoms with van der Waals surface area (Å²) in [4.78, 5) is 4.87. The molecule has 1 heterocycles. The van der Waals surface area contributed by atoms with Crippen molar-refractivity contribution in [2.75, 3.05) is 0 Å². The highest BCUT2D eigenvalue weighted by atomic mass is 16.3. The highest BCUT2D eigenvalue weighted by Crippen LogP contribution is 2.47. The molecule has 9 rings (SSSR count). The Hall–Kier alpha value is -5.73. The Bertz CT molecular complexity index is 2430. The first-order valence-electron chi connectivity index (χ1n) is 14.6. The van der Waals surface area contributed by atoms with Gasteiger partial charge in [-0.2, -0.15) is 0 Å². The van der Waals surface area contributed by atoms with Gasteiger partial charge in [0.25, 0.3) is 0 Å². The number of nitrogens with zero attached hydrogens (tertiary/aromatic N) is 1. The predicted molar refractivity (Wildman–Crippen MR) is 180 cm³/mol. The van der Waals surface area contributed by atoms with E-state index in [2.05, 4.69) is 121 Å². The molecule has 0 aliphatic rings. The van der Waals surface area contributed by atoms with Crippen molar-refractivity contribution in [1.29, 1.82) is 0 Å². The lowest BCUT2D eigenvalue weighted by molar-refractivity contribution is 0.623. The third-order valence-corrected chi connectivity index (χ3v) is 8.66. The normalized spacial score (nSPS) is 11.7. The maximum atomic E-state index is 6.52. The fraction of sp³-hybridized carbons (Fsp3) is 0. The predicted octanol–water partition coefficient (Wildman–Crippen LogP) is 11.4. The van der Waals surface area contributed by atoms with Crippen LogP contribution in [0.15, 0.2) is 156 Å². The summed E-state index contributed by atoms with van der Waals surface area (Å²) < 4.78 is 6.52. The second kappa shape index (κ2) is 9.40. The Morgan fingerprint density at radius 1 is 0.419 bits per heavy atom. The highest BCUT2D eigenvalue weighted by Gasteiger charge is 2.20. The van der Waals surface area contributed by atoms with E-state index in [1.807, 2.05) is 30.3 Å². The van der Waals surface area contributed by atoms with E-state index in [1.165, 1.54) is 49.2 Å². The average molecular weight is 548 g/mol. The van der Waals surface area contributed by atoms with Gasteiger partial charge in [0.2, 0.25) is 5.89 Å². The molecular formula is C41H25NO. The van der Waals surface area contributed by atoms with Crippen LogP contribution in [0.2, 0.25) is 0 Å². The first-order valence-corrected chi connectivity index (χ1v) is 14.6. The molecule has 0 bridgehead atoms. The van der Waals surface area contributed by atoms with Crippen molar-refractivity contribution in [1.82, 2.24) is 4.98 Å². The van der Waals surface area contributed by atoms with Crippen LogP contribution in [0, 0.1) is 0 Å². The molecule has 0 saturated carbocycles. The summed E-state index contributed by atoms with van der Waals surface area (Å²) in [5.74, 6) is 0.643. The van der Waals surface area contributed by atoms with Gasteiger partial charge in [0, 0.05) is 10.9 Å². The smallest absolute Gasteiger partial charge is 0.227 e. The van der Waals surface area contributed by atoms with Crippen molar-refractivity contribution in [3.8, 4) is 33.7 Å². The van der Waals surface area contributed by atoms with Gasteiger partial charge in [-0.15, -0.1) is 0 Å². The number of benzene rings is 8. The maximum Gasteiger partial charge on any atom is 0.227 e. The largest absolute Gasteiger partial charge is 0.435 e. The van der Waals surface area contributed by atoms with E-state index in [0.717, 1.165) is 32.8 Å². The molecule has 0 aliphatic heterocycles. The molecule has 0 aliphatic carbocycles. The molecule has 0 saturated heterocycles. The van der Waals surface area contributed by atoms with Crippen molar-refractivity contribution < 1.29 is 4.42 Å². The summed E-state index contributed by atoms with van der Waals surface area (Å²) in [5.41, 5.74) is 7.65. The number of fused-ring (bicyclic) bond motifs is 7. The van der Waals surface area contributed by atoms with Crippen LogP contribution in [0.1, 0.15) is 0 Å². The van der Waals surface area contributed by atoms with E-state index in [1.54, 1.807) is 0 Å². The lowest BCUT2D eigenvalue weighted by Gasteiger charge is -2.19. The van der Waals surface area contributed by atoms with Crippen LogP contribution in [0.3, 0.4) is 0 Å². The summed E-state index contributed by atoms with van der Waals surface area (Å²) in [6.07, 6.45) is 0. The third kappa shape index (κ3) is 3.63. The van der Waals surface area contributed by atoms with Gasteiger partial charge < -0.3 is 4.42 Å². The van der Waals surface area contributed by atoms with Gasteiger partial charge in [0.05, 0.1) is 0 Å². The summed E-state index contributed by atoms with van der Waals surface area (Å²) in [7, 11) is 0. The van der Waals surface area contributed by atoms with Gasteiger partial charge in [-0.1, -0.05) is 127 Å². The molecule has 0 atom stereocenters. The SMILES string of the molecule is c1ccc(-c2nc3ccc4cc(-c5c6ccccc6c(-c6ccccc6)c6ccccc56)c5ccccc5c4c3o2)cc1. The molecule has 43 heavy (non-hydrogen) atoms. The van der Waals surface area contributed by atoms with Gasteiger partial charge in [0.1, 0.15) is 5.52 Å². The quantitative estimate of drug-likeness (QED) is 0.162. The molecule has 0 spiro atoms. The Labute approximate surface area is 248 Å². The van der Waals surface area contributed by atoms with Crippen LogP contribution in [0.4, 0.5) is 0 Å². The Morgan fingerprint density at radius 2 is 0.930 bits per heavy atom. The molecule has 0 unspecified atom stereocenters. The molecular weight excluding hydrogens is 522 g/mol. The minimum Gasteiger partial charge on any atom is -0.435 e. The fourth-order valence-electron chi connectivity index (χ4n) is 6.82. The summed E-state index contributed by atoms with van der Waals surface area (Å²) in [6.45, 7) is 0. The topological polar surface area (TPSA) is 26.0 Å². The van der Waals surface area contributed by atoms with Crippen LogP contribution in [0.5, 0.6) is 0 Å². The van der Waals surface area contributed by atoms with Gasteiger partial charge >= 0.3 is 0 Å². The van der Waals surface area contributed by atoms with E-state index < -0.39 is 0 Å². The number of oxazole rings is 1. The summed E-state index contributed by atoms with van der Waals surface area (Å²) >= 11 is 0. The van der Waals surface area contributed by atoms with Crippen LogP contribution in [-0.2, 0) is 0 Å². The summed E-state index contributed by atoms with van der Waals surface area (Å²) in [5, 5.41) is 9.60. The number of rotatable bonds is 3. The zero-order valence-electron chi connectivity index (χ0n) is 23.3. The van der Waals surface area contributed by atoms with E-state index in [4.69, 9.17) is 9.40 Å². The number of hydrogen-bond acceptors (Lipinski definition) is 2. The molecule has 1 aromatic heterocycles. The number of aromatic nitrogens is 1. The van der Waals surface area contributed by atoms with Crippen molar-refractivity contribution in [3.05, 3.63) is 152 Å². The second-order valence-electron chi connectivity index (χ2n) is 11.1. The molecule has 9 aromatic rings. The molecule has 2 heteroatoms.